The van der Waals surface area contributed by atoms with E-state index in [9.17, 15) is 13.7 Å². The van der Waals surface area contributed by atoms with Gasteiger partial charge in [0.05, 0.1) is 4.90 Å². The van der Waals surface area contributed by atoms with Gasteiger partial charge < -0.3 is 9.73 Å². The molecule has 0 radical (unpaired) electrons. The molecule has 8 heteroatoms. The summed E-state index contributed by atoms with van der Waals surface area (Å²) >= 11 is 0. The van der Waals surface area contributed by atoms with Gasteiger partial charge in [-0.3, -0.25) is 0 Å². The van der Waals surface area contributed by atoms with Crippen LogP contribution < -0.4 is 5.32 Å². The molecule has 4 rings (SSSR count). The monoisotopic (exact) mass is 414 g/mol. The predicted octanol–water partition coefficient (Wildman–Crippen LogP) is 4.13. The highest BCUT2D eigenvalue weighted by atomic mass is 32.2. The Morgan fingerprint density at radius 3 is 2.34 bits per heavy atom. The molecule has 2 heterocycles. The van der Waals surface area contributed by atoms with Crippen LogP contribution >= 0.6 is 0 Å². The first-order chi connectivity index (χ1) is 14.1. The van der Waals surface area contributed by atoms with Gasteiger partial charge in [0.2, 0.25) is 27.5 Å². The van der Waals surface area contributed by atoms with E-state index in [2.05, 4.69) is 16.4 Å². The molecule has 0 bridgehead atoms. The Balaban J connectivity index is 1.53. The molecule has 0 spiro atoms. The molecule has 1 aromatic heterocycles. The molecule has 1 saturated carbocycles. The maximum atomic E-state index is 12.8. The Hall–Kier alpha value is -2.37. The zero-order chi connectivity index (χ0) is 20.3. The summed E-state index contributed by atoms with van der Waals surface area (Å²) in [6.07, 6.45) is 8.60. The minimum absolute atomic E-state index is 0.232. The van der Waals surface area contributed by atoms with E-state index in [1.807, 2.05) is 0 Å². The van der Waals surface area contributed by atoms with Crippen molar-refractivity contribution in [3.05, 3.63) is 30.0 Å². The van der Waals surface area contributed by atoms with Gasteiger partial charge in [-0.05, 0) is 49.9 Å². The molecule has 0 atom stereocenters. The van der Waals surface area contributed by atoms with Gasteiger partial charge in [0.25, 0.3) is 0 Å². The van der Waals surface area contributed by atoms with Crippen molar-refractivity contribution < 1.29 is 12.8 Å². The van der Waals surface area contributed by atoms with Crippen molar-refractivity contribution in [2.24, 2.45) is 0 Å². The summed E-state index contributed by atoms with van der Waals surface area (Å²) in [5.74, 6) is 0.723. The first-order valence-electron chi connectivity index (χ1n) is 10.4. The highest BCUT2D eigenvalue weighted by Crippen LogP contribution is 2.30. The van der Waals surface area contributed by atoms with E-state index >= 15 is 0 Å². The molecule has 2 aliphatic rings. The second kappa shape index (κ2) is 8.56. The first-order valence-corrected chi connectivity index (χ1v) is 11.8. The van der Waals surface area contributed by atoms with Crippen LogP contribution in [-0.2, 0) is 10.0 Å². The van der Waals surface area contributed by atoms with Crippen molar-refractivity contribution in [1.82, 2.24) is 9.29 Å². The van der Waals surface area contributed by atoms with Gasteiger partial charge in [-0.15, -0.1) is 0 Å². The van der Waals surface area contributed by atoms with Crippen LogP contribution in [-0.4, -0.2) is 36.8 Å². The summed E-state index contributed by atoms with van der Waals surface area (Å²) in [6, 6.07) is 8.94. The second-order valence-electron chi connectivity index (χ2n) is 7.78. The number of nitriles is 1. The van der Waals surface area contributed by atoms with E-state index in [-0.39, 0.29) is 10.6 Å². The molecule has 7 nitrogen and oxygen atoms in total. The Morgan fingerprint density at radius 1 is 1.03 bits per heavy atom. The number of nitrogens with one attached hydrogen (secondary N) is 1. The average Bonchev–Trinajstić information content (AvgIpc) is 3.18. The lowest BCUT2D eigenvalue weighted by molar-refractivity contribution is 0.346. The van der Waals surface area contributed by atoms with E-state index < -0.39 is 10.0 Å². The van der Waals surface area contributed by atoms with E-state index in [0.29, 0.717) is 36.5 Å². The first kappa shape index (κ1) is 19.9. The topological polar surface area (TPSA) is 99.2 Å². The zero-order valence-electron chi connectivity index (χ0n) is 16.4. The van der Waals surface area contributed by atoms with Gasteiger partial charge in [0.1, 0.15) is 6.07 Å². The molecule has 0 amide bonds. The van der Waals surface area contributed by atoms with Crippen molar-refractivity contribution in [2.45, 2.75) is 62.3 Å². The Morgan fingerprint density at radius 2 is 1.69 bits per heavy atom. The fraction of sp³-hybridized carbons (Fsp3) is 0.524. The molecule has 1 aliphatic heterocycles. The third-order valence-electron chi connectivity index (χ3n) is 5.73. The maximum absolute atomic E-state index is 12.8. The molecule has 2 fully saturated rings. The van der Waals surface area contributed by atoms with E-state index in [1.165, 1.54) is 19.3 Å². The van der Waals surface area contributed by atoms with Gasteiger partial charge >= 0.3 is 0 Å². The highest BCUT2D eigenvalue weighted by molar-refractivity contribution is 7.89. The normalized spacial score (nSPS) is 19.0. The standard InChI is InChI=1S/C21H26N4O3S/c22-15-19-21(23-17-7-3-1-4-8-17)28-20(24-19)16-9-11-18(12-10-16)29(26,27)25-13-5-2-6-14-25/h9-12,17,23H,1-8,13-14H2. The fourth-order valence-corrected chi connectivity index (χ4v) is 5.59. The van der Waals surface area contributed by atoms with Crippen LogP contribution in [0.1, 0.15) is 57.1 Å². The lowest BCUT2D eigenvalue weighted by Gasteiger charge is -2.25. The van der Waals surface area contributed by atoms with Crippen molar-refractivity contribution in [3.63, 3.8) is 0 Å². The quantitative estimate of drug-likeness (QED) is 0.790. The number of rotatable bonds is 5. The van der Waals surface area contributed by atoms with Crippen LogP contribution in [0.15, 0.2) is 33.6 Å². The van der Waals surface area contributed by atoms with Crippen LogP contribution in [0.5, 0.6) is 0 Å². The van der Waals surface area contributed by atoms with Crippen molar-refractivity contribution in [3.8, 4) is 17.5 Å². The number of sulfonamides is 1. The fourth-order valence-electron chi connectivity index (χ4n) is 4.07. The molecule has 0 unspecified atom stereocenters. The van der Waals surface area contributed by atoms with Gasteiger partial charge in [-0.25, -0.2) is 8.42 Å². The average molecular weight is 415 g/mol. The van der Waals surface area contributed by atoms with Crippen molar-refractivity contribution in [1.29, 1.82) is 5.26 Å². The Labute approximate surface area is 171 Å². The SMILES string of the molecule is N#Cc1nc(-c2ccc(S(=O)(=O)N3CCCCC3)cc2)oc1NC1CCCCC1. The number of benzene rings is 1. The van der Waals surface area contributed by atoms with E-state index in [1.54, 1.807) is 28.6 Å². The third kappa shape index (κ3) is 4.31. The van der Waals surface area contributed by atoms with Crippen LogP contribution in [0, 0.1) is 11.3 Å². The lowest BCUT2D eigenvalue weighted by Crippen LogP contribution is -2.35. The molecule has 2 aromatic rings. The molecule has 1 aliphatic carbocycles. The number of anilines is 1. The molecule has 154 valence electrons. The van der Waals surface area contributed by atoms with Crippen LogP contribution in [0.4, 0.5) is 5.88 Å². The summed E-state index contributed by atoms with van der Waals surface area (Å²) < 4.78 is 33.0. The van der Waals surface area contributed by atoms with Gasteiger partial charge in [0.15, 0.2) is 0 Å². The lowest BCUT2D eigenvalue weighted by atomic mass is 9.95. The molecule has 1 N–H and O–H groups in total. The second-order valence-corrected chi connectivity index (χ2v) is 9.71. The number of hydrogen-bond acceptors (Lipinski definition) is 6. The Bertz CT molecular complexity index is 980. The van der Waals surface area contributed by atoms with Gasteiger partial charge in [-0.1, -0.05) is 25.7 Å². The smallest absolute Gasteiger partial charge is 0.243 e. The van der Waals surface area contributed by atoms with Crippen molar-refractivity contribution in [2.75, 3.05) is 18.4 Å². The van der Waals surface area contributed by atoms with Gasteiger partial charge in [-0.2, -0.15) is 14.6 Å². The minimum Gasteiger partial charge on any atom is -0.419 e. The minimum atomic E-state index is -3.47. The summed E-state index contributed by atoms with van der Waals surface area (Å²) in [7, 11) is -3.47. The Kier molecular flexibility index (Phi) is 5.88. The van der Waals surface area contributed by atoms with E-state index in [0.717, 1.165) is 32.1 Å². The number of nitrogens with zero attached hydrogens (tertiary/aromatic N) is 3. The zero-order valence-corrected chi connectivity index (χ0v) is 17.2. The number of oxazole rings is 1. The maximum Gasteiger partial charge on any atom is 0.243 e. The molecular formula is C21H26N4O3S. The predicted molar refractivity (Wildman–Crippen MR) is 110 cm³/mol. The number of aromatic nitrogens is 1. The van der Waals surface area contributed by atoms with Crippen molar-refractivity contribution >= 4 is 15.9 Å². The molecule has 1 saturated heterocycles. The third-order valence-corrected chi connectivity index (χ3v) is 7.64. The highest BCUT2D eigenvalue weighted by Gasteiger charge is 2.26. The van der Waals surface area contributed by atoms with Crippen LogP contribution in [0.2, 0.25) is 0 Å². The largest absolute Gasteiger partial charge is 0.419 e. The molecular weight excluding hydrogens is 388 g/mol. The number of piperidine rings is 1. The summed E-state index contributed by atoms with van der Waals surface area (Å²) in [6.45, 7) is 1.15. The van der Waals surface area contributed by atoms with Crippen LogP contribution in [0.25, 0.3) is 11.5 Å². The van der Waals surface area contributed by atoms with Gasteiger partial charge in [0, 0.05) is 24.7 Å². The number of hydrogen-bond donors (Lipinski definition) is 1. The van der Waals surface area contributed by atoms with E-state index in [4.69, 9.17) is 4.42 Å². The summed E-state index contributed by atoms with van der Waals surface area (Å²) in [5, 5.41) is 12.7. The molecule has 1 aromatic carbocycles. The summed E-state index contributed by atoms with van der Waals surface area (Å²) in [4.78, 5) is 4.57. The molecule has 29 heavy (non-hydrogen) atoms. The summed E-state index contributed by atoms with van der Waals surface area (Å²) in [5.41, 5.74) is 0.881. The van der Waals surface area contributed by atoms with Crippen LogP contribution in [0.3, 0.4) is 0 Å².